The van der Waals surface area contributed by atoms with Gasteiger partial charge in [0.15, 0.2) is 11.0 Å². The van der Waals surface area contributed by atoms with Crippen LogP contribution in [-0.4, -0.2) is 31.3 Å². The Balaban J connectivity index is 1.76. The number of amides is 1. The van der Waals surface area contributed by atoms with Crippen LogP contribution < -0.4 is 5.32 Å². The Morgan fingerprint density at radius 3 is 2.69 bits per heavy atom. The predicted octanol–water partition coefficient (Wildman–Crippen LogP) is 4.42. The molecule has 0 unspecified atom stereocenters. The Morgan fingerprint density at radius 1 is 1.24 bits per heavy atom. The van der Waals surface area contributed by atoms with Crippen LogP contribution in [0.3, 0.4) is 0 Å². The van der Waals surface area contributed by atoms with E-state index in [1.807, 2.05) is 18.2 Å². The summed E-state index contributed by atoms with van der Waals surface area (Å²) >= 11 is 7.43. The number of hydrogen-bond donors (Lipinski definition) is 1. The van der Waals surface area contributed by atoms with Crippen LogP contribution in [0.2, 0.25) is 5.02 Å². The average molecular weight is 430 g/mol. The zero-order chi connectivity index (χ0) is 20.8. The maximum Gasteiger partial charge on any atom is 0.292 e. The van der Waals surface area contributed by atoms with E-state index < -0.39 is 10.8 Å². The normalized spacial score (nSPS) is 10.5. The molecule has 0 aliphatic carbocycles. The number of carbonyl (C=O) groups is 1. The van der Waals surface area contributed by atoms with Gasteiger partial charge in [-0.05, 0) is 18.2 Å². The van der Waals surface area contributed by atoms with Crippen molar-refractivity contribution in [2.24, 2.45) is 0 Å². The fourth-order valence-electron chi connectivity index (χ4n) is 2.59. The second kappa shape index (κ2) is 9.35. The lowest BCUT2D eigenvalue weighted by molar-refractivity contribution is -0.383. The number of anilines is 1. The van der Waals surface area contributed by atoms with Crippen molar-refractivity contribution in [2.45, 2.75) is 11.7 Å². The number of rotatable bonds is 8. The van der Waals surface area contributed by atoms with Gasteiger partial charge in [-0.15, -0.1) is 16.8 Å². The number of thioether (sulfide) groups is 1. The molecule has 0 atom stereocenters. The SMILES string of the molecule is C=CCn1c(SCC(=O)Nc2ccccc2[N+](=O)[O-])nnc1-c1ccccc1Cl. The molecule has 1 amide bonds. The topological polar surface area (TPSA) is 103 Å². The summed E-state index contributed by atoms with van der Waals surface area (Å²) < 4.78 is 1.80. The van der Waals surface area contributed by atoms with Gasteiger partial charge in [-0.3, -0.25) is 19.5 Å². The molecule has 3 rings (SSSR count). The van der Waals surface area contributed by atoms with Crippen LogP contribution in [0.1, 0.15) is 0 Å². The molecule has 1 aromatic heterocycles. The van der Waals surface area contributed by atoms with E-state index >= 15 is 0 Å². The highest BCUT2D eigenvalue weighted by Crippen LogP contribution is 2.29. The highest BCUT2D eigenvalue weighted by atomic mass is 35.5. The fraction of sp³-hybridized carbons (Fsp3) is 0.105. The molecule has 0 saturated heterocycles. The molecule has 1 heterocycles. The molecule has 2 aromatic carbocycles. The minimum Gasteiger partial charge on any atom is -0.320 e. The summed E-state index contributed by atoms with van der Waals surface area (Å²) in [6, 6.07) is 13.2. The lowest BCUT2D eigenvalue weighted by Crippen LogP contribution is -2.15. The Kier molecular flexibility index (Phi) is 6.63. The van der Waals surface area contributed by atoms with Gasteiger partial charge in [0.25, 0.3) is 5.69 Å². The van der Waals surface area contributed by atoms with Crippen LogP contribution in [0.15, 0.2) is 66.3 Å². The van der Waals surface area contributed by atoms with Crippen molar-refractivity contribution in [3.8, 4) is 11.4 Å². The lowest BCUT2D eigenvalue weighted by Gasteiger charge is -2.09. The first kappa shape index (κ1) is 20.6. The number of benzene rings is 2. The summed E-state index contributed by atoms with van der Waals surface area (Å²) in [4.78, 5) is 22.8. The number of nitrogens with zero attached hydrogens (tertiary/aromatic N) is 4. The summed E-state index contributed by atoms with van der Waals surface area (Å²) in [6.45, 7) is 4.18. The smallest absolute Gasteiger partial charge is 0.292 e. The third kappa shape index (κ3) is 4.82. The Hall–Kier alpha value is -3.17. The molecular formula is C19H16ClN5O3S. The van der Waals surface area contributed by atoms with Crippen molar-refractivity contribution < 1.29 is 9.72 Å². The van der Waals surface area contributed by atoms with Crippen molar-refractivity contribution >= 4 is 40.6 Å². The van der Waals surface area contributed by atoms with E-state index in [4.69, 9.17) is 11.6 Å². The minimum atomic E-state index is -0.542. The summed E-state index contributed by atoms with van der Waals surface area (Å²) in [5.74, 6) is 0.179. The third-order valence-electron chi connectivity index (χ3n) is 3.85. The van der Waals surface area contributed by atoms with Crippen LogP contribution >= 0.6 is 23.4 Å². The van der Waals surface area contributed by atoms with Gasteiger partial charge < -0.3 is 5.32 Å². The Bertz CT molecular complexity index is 1070. The summed E-state index contributed by atoms with van der Waals surface area (Å²) in [7, 11) is 0. The van der Waals surface area contributed by atoms with Crippen molar-refractivity contribution in [2.75, 3.05) is 11.1 Å². The number of halogens is 1. The molecule has 0 bridgehead atoms. The van der Waals surface area contributed by atoms with Crippen LogP contribution in [0.4, 0.5) is 11.4 Å². The van der Waals surface area contributed by atoms with E-state index in [0.29, 0.717) is 22.5 Å². The van der Waals surface area contributed by atoms with Gasteiger partial charge in [0.1, 0.15) is 5.69 Å². The van der Waals surface area contributed by atoms with E-state index in [1.165, 1.54) is 30.0 Å². The maximum atomic E-state index is 12.3. The summed E-state index contributed by atoms with van der Waals surface area (Å²) in [6.07, 6.45) is 1.70. The molecule has 0 saturated carbocycles. The third-order valence-corrected chi connectivity index (χ3v) is 5.15. The van der Waals surface area contributed by atoms with Gasteiger partial charge in [0.2, 0.25) is 5.91 Å². The Labute approximate surface area is 175 Å². The number of hydrogen-bond acceptors (Lipinski definition) is 6. The first-order valence-corrected chi connectivity index (χ1v) is 9.82. The number of aromatic nitrogens is 3. The number of carbonyl (C=O) groups excluding carboxylic acids is 1. The summed E-state index contributed by atoms with van der Waals surface area (Å²) in [5, 5.41) is 23.0. The lowest BCUT2D eigenvalue weighted by atomic mass is 10.2. The molecule has 0 fully saturated rings. The quantitative estimate of drug-likeness (QED) is 0.246. The first-order chi connectivity index (χ1) is 14.0. The van der Waals surface area contributed by atoms with E-state index in [0.717, 1.165) is 5.56 Å². The number of nitrogens with one attached hydrogen (secondary N) is 1. The molecule has 8 nitrogen and oxygen atoms in total. The molecule has 0 aliphatic heterocycles. The number of nitro groups is 1. The van der Waals surface area contributed by atoms with Crippen LogP contribution in [-0.2, 0) is 11.3 Å². The van der Waals surface area contributed by atoms with Gasteiger partial charge in [0.05, 0.1) is 15.7 Å². The molecule has 0 spiro atoms. The second-order valence-electron chi connectivity index (χ2n) is 5.80. The van der Waals surface area contributed by atoms with E-state index in [2.05, 4.69) is 22.1 Å². The molecule has 3 aromatic rings. The molecule has 10 heteroatoms. The number of para-hydroxylation sites is 2. The van der Waals surface area contributed by atoms with Gasteiger partial charge in [0, 0.05) is 18.2 Å². The average Bonchev–Trinajstić information content (AvgIpc) is 3.10. The van der Waals surface area contributed by atoms with Crippen molar-refractivity contribution in [3.63, 3.8) is 0 Å². The van der Waals surface area contributed by atoms with Crippen LogP contribution in [0.5, 0.6) is 0 Å². The molecule has 0 aliphatic rings. The molecule has 29 heavy (non-hydrogen) atoms. The highest BCUT2D eigenvalue weighted by Gasteiger charge is 2.18. The number of allylic oxidation sites excluding steroid dienone is 1. The Morgan fingerprint density at radius 2 is 1.97 bits per heavy atom. The predicted molar refractivity (Wildman–Crippen MR) is 113 cm³/mol. The second-order valence-corrected chi connectivity index (χ2v) is 7.15. The molecule has 148 valence electrons. The van der Waals surface area contributed by atoms with Crippen LogP contribution in [0, 0.1) is 10.1 Å². The van der Waals surface area contributed by atoms with Gasteiger partial charge in [-0.25, -0.2) is 0 Å². The van der Waals surface area contributed by atoms with Crippen molar-refractivity contribution in [1.82, 2.24) is 14.8 Å². The molecule has 1 N–H and O–H groups in total. The zero-order valence-corrected chi connectivity index (χ0v) is 16.7. The molecule has 0 radical (unpaired) electrons. The first-order valence-electron chi connectivity index (χ1n) is 8.46. The van der Waals surface area contributed by atoms with Crippen molar-refractivity contribution in [3.05, 3.63) is 76.3 Å². The van der Waals surface area contributed by atoms with E-state index in [1.54, 1.807) is 22.8 Å². The van der Waals surface area contributed by atoms with Gasteiger partial charge >= 0.3 is 0 Å². The van der Waals surface area contributed by atoms with Gasteiger partial charge in [-0.2, -0.15) is 0 Å². The van der Waals surface area contributed by atoms with Crippen molar-refractivity contribution in [1.29, 1.82) is 0 Å². The zero-order valence-electron chi connectivity index (χ0n) is 15.1. The monoisotopic (exact) mass is 429 g/mol. The molecular weight excluding hydrogens is 414 g/mol. The number of nitro benzene ring substituents is 1. The maximum absolute atomic E-state index is 12.3. The van der Waals surface area contributed by atoms with E-state index in [-0.39, 0.29) is 17.1 Å². The largest absolute Gasteiger partial charge is 0.320 e. The van der Waals surface area contributed by atoms with E-state index in [9.17, 15) is 14.9 Å². The summed E-state index contributed by atoms with van der Waals surface area (Å²) in [5.41, 5.74) is 0.703. The van der Waals surface area contributed by atoms with Crippen LogP contribution in [0.25, 0.3) is 11.4 Å². The van der Waals surface area contributed by atoms with Gasteiger partial charge in [-0.1, -0.05) is 53.7 Å². The fourth-order valence-corrected chi connectivity index (χ4v) is 3.55. The minimum absolute atomic E-state index is 0.00382. The standard InChI is InChI=1S/C19H16ClN5O3S/c1-2-11-24-18(13-7-3-4-8-14(13)20)22-23-19(24)29-12-17(26)21-15-9-5-6-10-16(15)25(27)28/h2-10H,1,11-12H2,(H,21,26). The highest BCUT2D eigenvalue weighted by molar-refractivity contribution is 7.99.